The van der Waals surface area contributed by atoms with Crippen LogP contribution in [0.3, 0.4) is 0 Å². The largest absolute Gasteiger partial charge is 0.493 e. The van der Waals surface area contributed by atoms with Crippen molar-refractivity contribution in [3.63, 3.8) is 0 Å². The quantitative estimate of drug-likeness (QED) is 0.568. The summed E-state index contributed by atoms with van der Waals surface area (Å²) >= 11 is 0. The van der Waals surface area contributed by atoms with E-state index in [4.69, 9.17) is 9.47 Å². The SMILES string of the molecule is COc1cc2c(cc1OC)N(C)C(=O)/C2=C/c1ccc(NC(=O)Nc2ccccc2)cc1. The number of amides is 3. The van der Waals surface area contributed by atoms with Crippen molar-refractivity contribution in [1.29, 1.82) is 0 Å². The zero-order valence-corrected chi connectivity index (χ0v) is 18.0. The molecule has 7 nitrogen and oxygen atoms in total. The van der Waals surface area contributed by atoms with Gasteiger partial charge in [-0.15, -0.1) is 0 Å². The summed E-state index contributed by atoms with van der Waals surface area (Å²) in [6.45, 7) is 0. The molecule has 0 aliphatic carbocycles. The Kier molecular flexibility index (Phi) is 5.81. The lowest BCUT2D eigenvalue weighted by Crippen LogP contribution is -2.20. The third-order valence-electron chi connectivity index (χ3n) is 5.20. The minimum absolute atomic E-state index is 0.111. The first kappa shape index (κ1) is 21.0. The fourth-order valence-electron chi connectivity index (χ4n) is 3.55. The van der Waals surface area contributed by atoms with Crippen molar-refractivity contribution >= 4 is 40.6 Å². The van der Waals surface area contributed by atoms with Crippen LogP contribution >= 0.6 is 0 Å². The summed E-state index contributed by atoms with van der Waals surface area (Å²) in [6, 6.07) is 19.8. The molecule has 32 heavy (non-hydrogen) atoms. The summed E-state index contributed by atoms with van der Waals surface area (Å²) in [5.74, 6) is 1.01. The van der Waals surface area contributed by atoms with Gasteiger partial charge in [-0.1, -0.05) is 30.3 Å². The van der Waals surface area contributed by atoms with Crippen LogP contribution in [0.4, 0.5) is 21.9 Å². The monoisotopic (exact) mass is 429 g/mol. The second-order valence-corrected chi connectivity index (χ2v) is 7.21. The maximum atomic E-state index is 12.9. The molecule has 3 aromatic carbocycles. The molecule has 0 saturated carbocycles. The van der Waals surface area contributed by atoms with E-state index in [1.54, 1.807) is 44.4 Å². The van der Waals surface area contributed by atoms with Gasteiger partial charge in [-0.2, -0.15) is 0 Å². The summed E-state index contributed by atoms with van der Waals surface area (Å²) in [4.78, 5) is 26.6. The van der Waals surface area contributed by atoms with Gasteiger partial charge in [0.15, 0.2) is 11.5 Å². The Morgan fingerprint density at radius 1 is 0.875 bits per heavy atom. The number of benzene rings is 3. The minimum Gasteiger partial charge on any atom is -0.493 e. The number of anilines is 3. The lowest BCUT2D eigenvalue weighted by atomic mass is 10.0. The van der Waals surface area contributed by atoms with Crippen molar-refractivity contribution in [1.82, 2.24) is 0 Å². The second kappa shape index (κ2) is 8.85. The van der Waals surface area contributed by atoms with E-state index in [0.29, 0.717) is 28.4 Å². The maximum Gasteiger partial charge on any atom is 0.323 e. The standard InChI is InChI=1S/C25H23N3O4/c1-28-21-15-23(32-3)22(31-2)14-19(21)20(24(28)29)13-16-9-11-18(12-10-16)27-25(30)26-17-7-5-4-6-8-17/h4-15H,1-3H3,(H2,26,27,30)/b20-13+. The summed E-state index contributed by atoms with van der Waals surface area (Å²) in [6.07, 6.45) is 1.82. The van der Waals surface area contributed by atoms with E-state index >= 15 is 0 Å². The predicted octanol–water partition coefficient (Wildman–Crippen LogP) is 4.86. The predicted molar refractivity (Wildman–Crippen MR) is 126 cm³/mol. The second-order valence-electron chi connectivity index (χ2n) is 7.21. The molecule has 4 rings (SSSR count). The number of nitrogens with one attached hydrogen (secondary N) is 2. The van der Waals surface area contributed by atoms with E-state index in [9.17, 15) is 9.59 Å². The average molecular weight is 429 g/mol. The summed E-state index contributed by atoms with van der Waals surface area (Å²) < 4.78 is 10.8. The molecule has 0 saturated heterocycles. The summed E-state index contributed by atoms with van der Waals surface area (Å²) in [5.41, 5.74) is 4.28. The first-order chi connectivity index (χ1) is 15.5. The van der Waals surface area contributed by atoms with Crippen LogP contribution in [0.1, 0.15) is 11.1 Å². The number of hydrogen-bond donors (Lipinski definition) is 2. The molecule has 0 bridgehead atoms. The number of nitrogens with zero attached hydrogens (tertiary/aromatic N) is 1. The first-order valence-corrected chi connectivity index (χ1v) is 9.99. The maximum absolute atomic E-state index is 12.9. The molecule has 0 fully saturated rings. The van der Waals surface area contributed by atoms with Crippen LogP contribution in [0.5, 0.6) is 11.5 Å². The summed E-state index contributed by atoms with van der Waals surface area (Å²) in [7, 11) is 4.85. The molecule has 1 aliphatic rings. The number of fused-ring (bicyclic) bond motifs is 1. The molecule has 0 aromatic heterocycles. The van der Waals surface area contributed by atoms with Crippen molar-refractivity contribution in [2.75, 3.05) is 36.8 Å². The highest BCUT2D eigenvalue weighted by Gasteiger charge is 2.31. The van der Waals surface area contributed by atoms with Crippen molar-refractivity contribution in [2.24, 2.45) is 0 Å². The Morgan fingerprint density at radius 3 is 2.09 bits per heavy atom. The number of hydrogen-bond acceptors (Lipinski definition) is 4. The van der Waals surface area contributed by atoms with Gasteiger partial charge >= 0.3 is 6.03 Å². The zero-order valence-electron chi connectivity index (χ0n) is 18.0. The van der Waals surface area contributed by atoms with Crippen LogP contribution in [0.15, 0.2) is 66.7 Å². The fraction of sp³-hybridized carbons (Fsp3) is 0.120. The lowest BCUT2D eigenvalue weighted by molar-refractivity contribution is -0.112. The van der Waals surface area contributed by atoms with Gasteiger partial charge in [0, 0.05) is 35.6 Å². The molecule has 3 amide bonds. The Balaban J connectivity index is 1.55. The highest BCUT2D eigenvalue weighted by molar-refractivity contribution is 6.35. The molecule has 0 atom stereocenters. The number of carbonyl (C=O) groups is 2. The van der Waals surface area contributed by atoms with Gasteiger partial charge in [0.2, 0.25) is 0 Å². The molecular weight excluding hydrogens is 406 g/mol. The van der Waals surface area contributed by atoms with Crippen molar-refractivity contribution in [3.05, 3.63) is 77.9 Å². The Bertz CT molecular complexity index is 1190. The molecule has 162 valence electrons. The van der Waals surface area contributed by atoms with Gasteiger partial charge < -0.3 is 25.0 Å². The molecule has 3 aromatic rings. The third-order valence-corrected chi connectivity index (χ3v) is 5.20. The number of para-hydroxylation sites is 1. The van der Waals surface area contributed by atoms with E-state index in [0.717, 1.165) is 16.8 Å². The Labute approximate surface area is 186 Å². The topological polar surface area (TPSA) is 79.9 Å². The molecular formula is C25H23N3O4. The number of rotatable bonds is 5. The minimum atomic E-state index is -0.329. The van der Waals surface area contributed by atoms with Crippen molar-refractivity contribution in [2.45, 2.75) is 0 Å². The molecule has 0 spiro atoms. The van der Waals surface area contributed by atoms with Crippen molar-refractivity contribution in [3.8, 4) is 11.5 Å². The Morgan fingerprint density at radius 2 is 1.47 bits per heavy atom. The smallest absolute Gasteiger partial charge is 0.323 e. The number of urea groups is 1. The normalized spacial score (nSPS) is 13.7. The van der Waals surface area contributed by atoms with E-state index in [1.165, 1.54) is 0 Å². The van der Waals surface area contributed by atoms with Gasteiger partial charge in [0.05, 0.1) is 19.9 Å². The summed E-state index contributed by atoms with van der Waals surface area (Å²) in [5, 5.41) is 5.57. The number of ether oxygens (including phenoxy) is 2. The van der Waals surface area contributed by atoms with E-state index in [1.807, 2.05) is 54.6 Å². The highest BCUT2D eigenvalue weighted by Crippen LogP contribution is 2.43. The van der Waals surface area contributed by atoms with Crippen LogP contribution in [0.25, 0.3) is 11.6 Å². The fourth-order valence-corrected chi connectivity index (χ4v) is 3.55. The molecule has 7 heteroatoms. The molecule has 1 aliphatic heterocycles. The van der Waals surface area contributed by atoms with Crippen LogP contribution in [0.2, 0.25) is 0 Å². The van der Waals surface area contributed by atoms with Crippen LogP contribution in [-0.4, -0.2) is 33.2 Å². The van der Waals surface area contributed by atoms with Crippen LogP contribution < -0.4 is 25.0 Å². The molecule has 2 N–H and O–H groups in total. The number of carbonyl (C=O) groups excluding carboxylic acids is 2. The van der Waals surface area contributed by atoms with Crippen LogP contribution in [-0.2, 0) is 4.79 Å². The van der Waals surface area contributed by atoms with Gasteiger partial charge in [0.1, 0.15) is 0 Å². The molecule has 1 heterocycles. The first-order valence-electron chi connectivity index (χ1n) is 9.99. The lowest BCUT2D eigenvalue weighted by Gasteiger charge is -2.13. The number of likely N-dealkylation sites (N-methyl/N-ethyl adjacent to an activating group) is 1. The molecule has 0 radical (unpaired) electrons. The highest BCUT2D eigenvalue weighted by atomic mass is 16.5. The van der Waals surface area contributed by atoms with Gasteiger partial charge in [-0.05, 0) is 42.0 Å². The average Bonchev–Trinajstić information content (AvgIpc) is 3.04. The van der Waals surface area contributed by atoms with Gasteiger partial charge in [0.25, 0.3) is 5.91 Å². The van der Waals surface area contributed by atoms with E-state index < -0.39 is 0 Å². The van der Waals surface area contributed by atoms with E-state index in [2.05, 4.69) is 10.6 Å². The van der Waals surface area contributed by atoms with Crippen molar-refractivity contribution < 1.29 is 19.1 Å². The van der Waals surface area contributed by atoms with Crippen LogP contribution in [0, 0.1) is 0 Å². The van der Waals surface area contributed by atoms with Gasteiger partial charge in [-0.25, -0.2) is 4.79 Å². The van der Waals surface area contributed by atoms with Gasteiger partial charge in [-0.3, -0.25) is 4.79 Å². The molecule has 0 unspecified atom stereocenters. The van der Waals surface area contributed by atoms with E-state index in [-0.39, 0.29) is 11.9 Å². The zero-order chi connectivity index (χ0) is 22.7. The Hall–Kier alpha value is -4.26. The third kappa shape index (κ3) is 4.13. The number of methoxy groups -OCH3 is 2.